The smallest absolute Gasteiger partial charge is 0.333 e. The minimum absolute atomic E-state index is 0.00853. The normalized spacial score (nSPS) is 15.2. The van der Waals surface area contributed by atoms with Crippen molar-refractivity contribution < 1.29 is 0 Å². The van der Waals surface area contributed by atoms with Crippen molar-refractivity contribution in [2.75, 3.05) is 4.81 Å². The van der Waals surface area contributed by atoms with Gasteiger partial charge in [-0.15, -0.1) is 11.3 Å². The first-order chi connectivity index (χ1) is 28.9. The molecule has 0 saturated heterocycles. The van der Waals surface area contributed by atoms with Crippen molar-refractivity contribution in [2.45, 2.75) is 97.8 Å². The van der Waals surface area contributed by atoms with E-state index in [0.29, 0.717) is 0 Å². The standard InChI is InChI=1S/C57H53BN2S/c1-54(2,3)32-20-24-35(25-21-32)60-46-31-38-36-16-12-14-18-41(36)57(10,11)42(38)30-40(46)50-51-52-48(49-37-17-13-15-19-47(37)61-53(49)50)39-28-33(55(4,5)6)22-26-44(39)59(52)45-27-23-34(56(7,8)9)29-43(45)58(51)60/h12-31H,1-11H3. The maximum atomic E-state index is 2.74. The lowest BCUT2D eigenvalue weighted by Gasteiger charge is -2.43. The average molecular weight is 809 g/mol. The Bertz CT molecular complexity index is 3390. The first-order valence-electron chi connectivity index (χ1n) is 22.2. The van der Waals surface area contributed by atoms with Crippen molar-refractivity contribution in [1.29, 1.82) is 0 Å². The summed E-state index contributed by atoms with van der Waals surface area (Å²) >= 11 is 1.99. The monoisotopic (exact) mass is 808 g/mol. The second kappa shape index (κ2) is 11.9. The molecular formula is C57H53BN2S. The Balaban J connectivity index is 1.33. The van der Waals surface area contributed by atoms with Crippen molar-refractivity contribution in [3.05, 3.63) is 149 Å². The van der Waals surface area contributed by atoms with Crippen LogP contribution in [-0.4, -0.2) is 11.4 Å². The minimum atomic E-state index is -0.135. The first kappa shape index (κ1) is 37.2. The molecule has 7 aromatic carbocycles. The van der Waals surface area contributed by atoms with E-state index in [2.05, 4.69) is 207 Å². The third-order valence-electron chi connectivity index (χ3n) is 14.6. The predicted molar refractivity (Wildman–Crippen MR) is 266 cm³/mol. The largest absolute Gasteiger partial charge is 0.376 e. The molecule has 0 fully saturated rings. The molecule has 0 radical (unpaired) electrons. The molecule has 0 amide bonds. The van der Waals surface area contributed by atoms with Gasteiger partial charge in [0.05, 0.1) is 11.0 Å². The van der Waals surface area contributed by atoms with E-state index in [9.17, 15) is 0 Å². The molecule has 0 bridgehead atoms. The Morgan fingerprint density at radius 3 is 1.93 bits per heavy atom. The molecule has 3 aliphatic rings. The van der Waals surface area contributed by atoms with E-state index in [-0.39, 0.29) is 28.5 Å². The minimum Gasteiger partial charge on any atom is -0.376 e. The Hall–Kier alpha value is -5.58. The summed E-state index contributed by atoms with van der Waals surface area (Å²) in [5, 5.41) is 5.49. The van der Waals surface area contributed by atoms with Crippen LogP contribution in [0.15, 0.2) is 121 Å². The van der Waals surface area contributed by atoms with Crippen LogP contribution in [0.5, 0.6) is 0 Å². The van der Waals surface area contributed by atoms with E-state index >= 15 is 0 Å². The summed E-state index contributed by atoms with van der Waals surface area (Å²) < 4.78 is 5.42. The SMILES string of the molecule is CC(C)(C)c1ccc(N2B3c4cc(C(C)(C)C)ccc4-n4c5ccc(C(C)(C)C)cc5c5c6c(sc7ccccc76)c(c3c54)-c3cc4c(cc32)-c2ccccc2C4(C)C)cc1. The molecule has 0 N–H and O–H groups in total. The van der Waals surface area contributed by atoms with Crippen LogP contribution < -0.4 is 15.7 Å². The van der Waals surface area contributed by atoms with E-state index < -0.39 is 0 Å². The highest BCUT2D eigenvalue weighted by Gasteiger charge is 2.47. The van der Waals surface area contributed by atoms with E-state index in [1.54, 1.807) is 0 Å². The lowest BCUT2D eigenvalue weighted by Crippen LogP contribution is -2.60. The van der Waals surface area contributed by atoms with Crippen LogP contribution in [-0.2, 0) is 21.7 Å². The van der Waals surface area contributed by atoms with Gasteiger partial charge in [-0.05, 0) is 115 Å². The zero-order valence-electron chi connectivity index (χ0n) is 37.4. The molecule has 2 nitrogen and oxygen atoms in total. The van der Waals surface area contributed by atoms with Gasteiger partial charge in [-0.25, -0.2) is 0 Å². The molecule has 12 rings (SSSR count). The third-order valence-corrected chi connectivity index (χ3v) is 15.8. The van der Waals surface area contributed by atoms with Gasteiger partial charge >= 0.3 is 6.85 Å². The molecule has 1 aliphatic carbocycles. The summed E-state index contributed by atoms with van der Waals surface area (Å²) in [5.41, 5.74) is 21.5. The molecule has 61 heavy (non-hydrogen) atoms. The molecule has 0 atom stereocenters. The highest BCUT2D eigenvalue weighted by molar-refractivity contribution is 7.27. The van der Waals surface area contributed by atoms with Gasteiger partial charge in [-0.3, -0.25) is 0 Å². The van der Waals surface area contributed by atoms with Gasteiger partial charge in [0, 0.05) is 64.5 Å². The van der Waals surface area contributed by atoms with Gasteiger partial charge < -0.3 is 9.38 Å². The van der Waals surface area contributed by atoms with Gasteiger partial charge in [0.2, 0.25) is 0 Å². The second-order valence-corrected chi connectivity index (χ2v) is 22.9. The van der Waals surface area contributed by atoms with Crippen molar-refractivity contribution in [3.63, 3.8) is 0 Å². The Labute approximate surface area is 365 Å². The van der Waals surface area contributed by atoms with Crippen LogP contribution in [0.3, 0.4) is 0 Å². The van der Waals surface area contributed by atoms with Gasteiger partial charge in [-0.2, -0.15) is 0 Å². The van der Waals surface area contributed by atoms with E-state index in [1.807, 2.05) is 11.3 Å². The van der Waals surface area contributed by atoms with Crippen LogP contribution >= 0.6 is 11.3 Å². The van der Waals surface area contributed by atoms with E-state index in [1.165, 1.54) is 120 Å². The van der Waals surface area contributed by atoms with Crippen molar-refractivity contribution in [2.24, 2.45) is 0 Å². The van der Waals surface area contributed by atoms with Crippen LogP contribution in [0.2, 0.25) is 0 Å². The molecule has 9 aromatic rings. The quantitative estimate of drug-likeness (QED) is 0.150. The number of nitrogens with zero attached hydrogens (tertiary/aromatic N) is 2. The lowest BCUT2D eigenvalue weighted by atomic mass is 9.43. The van der Waals surface area contributed by atoms with Gasteiger partial charge in [-0.1, -0.05) is 149 Å². The summed E-state index contributed by atoms with van der Waals surface area (Å²) in [6.45, 7) is 25.9. The molecule has 4 heterocycles. The number of anilines is 2. The van der Waals surface area contributed by atoms with Crippen molar-refractivity contribution in [3.8, 4) is 27.9 Å². The van der Waals surface area contributed by atoms with Gasteiger partial charge in [0.25, 0.3) is 0 Å². The maximum Gasteiger partial charge on any atom is 0.333 e. The summed E-state index contributed by atoms with van der Waals surface area (Å²) in [4.78, 5) is 2.74. The molecule has 2 aliphatic heterocycles. The second-order valence-electron chi connectivity index (χ2n) is 21.8. The number of hydrogen-bond acceptors (Lipinski definition) is 2. The van der Waals surface area contributed by atoms with Crippen LogP contribution in [0.4, 0.5) is 11.4 Å². The number of benzene rings is 7. The molecule has 4 heteroatoms. The number of rotatable bonds is 1. The average Bonchev–Trinajstić information content (AvgIpc) is 3.84. The number of hydrogen-bond donors (Lipinski definition) is 0. The molecule has 0 saturated carbocycles. The predicted octanol–water partition coefficient (Wildman–Crippen LogP) is 14.6. The number of aromatic nitrogens is 1. The lowest BCUT2D eigenvalue weighted by molar-refractivity contribution is 0.590. The fourth-order valence-corrected chi connectivity index (χ4v) is 12.6. The summed E-state index contributed by atoms with van der Waals surface area (Å²) in [6, 6.07) is 47.8. The molecule has 0 unspecified atom stereocenters. The zero-order chi connectivity index (χ0) is 42.3. The van der Waals surface area contributed by atoms with Gasteiger partial charge in [0.15, 0.2) is 0 Å². The number of thiophene rings is 1. The first-order valence-corrected chi connectivity index (χ1v) is 23.0. The fourth-order valence-electron chi connectivity index (χ4n) is 11.3. The molecular weight excluding hydrogens is 756 g/mol. The van der Waals surface area contributed by atoms with Crippen LogP contribution in [0, 0.1) is 0 Å². The fraction of sp³-hybridized carbons (Fsp3) is 0.263. The Morgan fingerprint density at radius 1 is 0.541 bits per heavy atom. The summed E-state index contributed by atoms with van der Waals surface area (Å²) in [7, 11) is 0. The Morgan fingerprint density at radius 2 is 1.20 bits per heavy atom. The summed E-state index contributed by atoms with van der Waals surface area (Å²) in [5.74, 6) is 0. The highest BCUT2D eigenvalue weighted by atomic mass is 32.1. The van der Waals surface area contributed by atoms with Gasteiger partial charge in [0.1, 0.15) is 0 Å². The molecule has 300 valence electrons. The van der Waals surface area contributed by atoms with E-state index in [4.69, 9.17) is 0 Å². The molecule has 2 aromatic heterocycles. The third kappa shape index (κ3) is 4.92. The number of fused-ring (bicyclic) bond motifs is 16. The van der Waals surface area contributed by atoms with Crippen LogP contribution in [0.25, 0.3) is 69.9 Å². The Kier molecular flexibility index (Phi) is 7.24. The summed E-state index contributed by atoms with van der Waals surface area (Å²) in [6.07, 6.45) is 0. The zero-order valence-corrected chi connectivity index (χ0v) is 38.2. The van der Waals surface area contributed by atoms with Crippen LogP contribution in [0.1, 0.15) is 104 Å². The maximum absolute atomic E-state index is 2.74. The highest BCUT2D eigenvalue weighted by Crippen LogP contribution is 2.57. The topological polar surface area (TPSA) is 8.17 Å². The van der Waals surface area contributed by atoms with Crippen molar-refractivity contribution in [1.82, 2.24) is 4.57 Å². The molecule has 0 spiro atoms. The van der Waals surface area contributed by atoms with E-state index in [0.717, 1.165) is 0 Å². The van der Waals surface area contributed by atoms with Crippen molar-refractivity contribution >= 4 is 82.5 Å².